The van der Waals surface area contributed by atoms with Crippen molar-refractivity contribution < 1.29 is 9.47 Å². The van der Waals surface area contributed by atoms with Crippen molar-refractivity contribution in [2.45, 2.75) is 13.2 Å². The first-order chi connectivity index (χ1) is 12.2. The minimum Gasteiger partial charge on any atom is -0.497 e. The number of rotatable bonds is 4. The van der Waals surface area contributed by atoms with Crippen molar-refractivity contribution in [2.75, 3.05) is 25.2 Å². The fourth-order valence-electron chi connectivity index (χ4n) is 3.31. The molecule has 25 heavy (non-hydrogen) atoms. The molecule has 1 aromatic heterocycles. The van der Waals surface area contributed by atoms with Gasteiger partial charge in [-0.3, -0.25) is 0 Å². The predicted molar refractivity (Wildman–Crippen MR) is 99.5 cm³/mol. The lowest BCUT2D eigenvalue weighted by atomic mass is 10.2. The number of anilines is 1. The number of ether oxygens (including phenoxy) is 2. The van der Waals surface area contributed by atoms with Crippen LogP contribution in [-0.4, -0.2) is 24.8 Å². The van der Waals surface area contributed by atoms with Crippen molar-refractivity contribution in [1.82, 2.24) is 4.57 Å². The summed E-state index contributed by atoms with van der Waals surface area (Å²) >= 11 is 0. The largest absolute Gasteiger partial charge is 0.497 e. The third-order valence-electron chi connectivity index (χ3n) is 4.58. The van der Waals surface area contributed by atoms with Gasteiger partial charge in [0, 0.05) is 41.9 Å². The van der Waals surface area contributed by atoms with E-state index < -0.39 is 0 Å². The van der Waals surface area contributed by atoms with Crippen LogP contribution in [0.3, 0.4) is 0 Å². The van der Waals surface area contributed by atoms with Crippen LogP contribution in [0, 0.1) is 6.92 Å². The van der Waals surface area contributed by atoms with Gasteiger partial charge in [0.2, 0.25) is 0 Å². The molecule has 1 saturated heterocycles. The molecule has 0 N–H and O–H groups in total. The fraction of sp³-hybridized carbons (Fsp3) is 0.238. The number of nitrogens with zero attached hydrogens (tertiary/aromatic N) is 2. The van der Waals surface area contributed by atoms with Gasteiger partial charge in [0.25, 0.3) is 0 Å². The standard InChI is InChI=1S/C21H22N2O2/c1-16-5-3-6-18(13-16)22-10-9-17(15-22)21-23(11-12-25-21)19-7-4-8-20(14-19)24-2/h3-10,13-15,21H,11-12H2,1-2H3/t21-/m1/s1. The van der Waals surface area contributed by atoms with Gasteiger partial charge < -0.3 is 18.9 Å². The predicted octanol–water partition coefficient (Wildman–Crippen LogP) is 4.33. The van der Waals surface area contributed by atoms with E-state index in [1.54, 1.807) is 7.11 Å². The Labute approximate surface area is 148 Å². The Morgan fingerprint density at radius 1 is 1.04 bits per heavy atom. The molecule has 2 aromatic carbocycles. The van der Waals surface area contributed by atoms with Crippen molar-refractivity contribution in [3.8, 4) is 11.4 Å². The van der Waals surface area contributed by atoms with Gasteiger partial charge in [0.1, 0.15) is 5.75 Å². The van der Waals surface area contributed by atoms with Crippen LogP contribution in [0.4, 0.5) is 5.69 Å². The van der Waals surface area contributed by atoms with Crippen LogP contribution in [0.25, 0.3) is 5.69 Å². The van der Waals surface area contributed by atoms with Crippen LogP contribution in [0.15, 0.2) is 67.0 Å². The highest BCUT2D eigenvalue weighted by atomic mass is 16.5. The summed E-state index contributed by atoms with van der Waals surface area (Å²) < 4.78 is 13.5. The molecular weight excluding hydrogens is 312 g/mol. The van der Waals surface area contributed by atoms with Gasteiger partial charge >= 0.3 is 0 Å². The Balaban J connectivity index is 1.62. The topological polar surface area (TPSA) is 26.6 Å². The molecule has 0 radical (unpaired) electrons. The first-order valence-corrected chi connectivity index (χ1v) is 8.52. The van der Waals surface area contributed by atoms with E-state index in [4.69, 9.17) is 9.47 Å². The van der Waals surface area contributed by atoms with E-state index in [1.165, 1.54) is 5.56 Å². The van der Waals surface area contributed by atoms with Crippen molar-refractivity contribution in [1.29, 1.82) is 0 Å². The number of hydrogen-bond donors (Lipinski definition) is 0. The summed E-state index contributed by atoms with van der Waals surface area (Å²) in [5, 5.41) is 0. The Morgan fingerprint density at radius 2 is 1.88 bits per heavy atom. The highest BCUT2D eigenvalue weighted by Gasteiger charge is 2.28. The molecule has 0 saturated carbocycles. The Bertz CT molecular complexity index is 872. The molecule has 0 spiro atoms. The molecule has 4 rings (SSSR count). The van der Waals surface area contributed by atoms with Gasteiger partial charge in [-0.1, -0.05) is 18.2 Å². The van der Waals surface area contributed by atoms with Crippen molar-refractivity contribution in [2.24, 2.45) is 0 Å². The summed E-state index contributed by atoms with van der Waals surface area (Å²) in [7, 11) is 1.69. The van der Waals surface area contributed by atoms with Gasteiger partial charge in [-0.2, -0.15) is 0 Å². The summed E-state index contributed by atoms with van der Waals surface area (Å²) in [5.74, 6) is 0.862. The first kappa shape index (κ1) is 15.8. The van der Waals surface area contributed by atoms with Crippen LogP contribution < -0.4 is 9.64 Å². The lowest BCUT2D eigenvalue weighted by Crippen LogP contribution is -2.22. The zero-order valence-corrected chi connectivity index (χ0v) is 14.6. The molecule has 1 atom stereocenters. The summed E-state index contributed by atoms with van der Waals surface area (Å²) in [6, 6.07) is 18.8. The zero-order valence-electron chi connectivity index (χ0n) is 14.6. The Hall–Kier alpha value is -2.72. The van der Waals surface area contributed by atoms with E-state index in [9.17, 15) is 0 Å². The summed E-state index contributed by atoms with van der Waals surface area (Å²) in [6.07, 6.45) is 4.17. The average Bonchev–Trinajstić information content (AvgIpc) is 3.31. The second kappa shape index (κ2) is 6.65. The summed E-state index contributed by atoms with van der Waals surface area (Å²) in [5.41, 5.74) is 4.69. The molecule has 0 unspecified atom stereocenters. The lowest BCUT2D eigenvalue weighted by molar-refractivity contribution is 0.114. The number of methoxy groups -OCH3 is 1. The normalized spacial score (nSPS) is 17.0. The molecule has 4 heteroatoms. The Kier molecular flexibility index (Phi) is 4.20. The van der Waals surface area contributed by atoms with Gasteiger partial charge in [-0.25, -0.2) is 0 Å². The molecule has 1 fully saturated rings. The zero-order chi connectivity index (χ0) is 17.2. The quantitative estimate of drug-likeness (QED) is 0.710. The molecular formula is C21H22N2O2. The highest BCUT2D eigenvalue weighted by Crippen LogP contribution is 2.34. The molecule has 1 aliphatic rings. The third-order valence-corrected chi connectivity index (χ3v) is 4.58. The molecule has 128 valence electrons. The minimum atomic E-state index is -0.0711. The fourth-order valence-corrected chi connectivity index (χ4v) is 3.31. The average molecular weight is 334 g/mol. The van der Waals surface area contributed by atoms with Crippen molar-refractivity contribution >= 4 is 5.69 Å². The first-order valence-electron chi connectivity index (χ1n) is 8.52. The maximum Gasteiger partial charge on any atom is 0.158 e. The van der Waals surface area contributed by atoms with Crippen LogP contribution in [0.5, 0.6) is 5.75 Å². The monoisotopic (exact) mass is 334 g/mol. The second-order valence-corrected chi connectivity index (χ2v) is 6.31. The van der Waals surface area contributed by atoms with E-state index in [0.29, 0.717) is 0 Å². The summed E-state index contributed by atoms with van der Waals surface area (Å²) in [6.45, 7) is 3.70. The molecule has 3 aromatic rings. The van der Waals surface area contributed by atoms with Crippen LogP contribution in [-0.2, 0) is 4.74 Å². The van der Waals surface area contributed by atoms with E-state index in [-0.39, 0.29) is 6.23 Å². The molecule has 4 nitrogen and oxygen atoms in total. The lowest BCUT2D eigenvalue weighted by Gasteiger charge is -2.25. The van der Waals surface area contributed by atoms with E-state index >= 15 is 0 Å². The van der Waals surface area contributed by atoms with E-state index in [1.807, 2.05) is 12.1 Å². The molecule has 0 aliphatic carbocycles. The van der Waals surface area contributed by atoms with Crippen LogP contribution in [0.2, 0.25) is 0 Å². The smallest absolute Gasteiger partial charge is 0.158 e. The second-order valence-electron chi connectivity index (χ2n) is 6.31. The van der Waals surface area contributed by atoms with Crippen LogP contribution >= 0.6 is 0 Å². The number of aromatic nitrogens is 1. The molecule has 0 bridgehead atoms. The van der Waals surface area contributed by atoms with E-state index in [0.717, 1.165) is 35.8 Å². The Morgan fingerprint density at radius 3 is 2.72 bits per heavy atom. The summed E-state index contributed by atoms with van der Waals surface area (Å²) in [4.78, 5) is 2.28. The number of benzene rings is 2. The molecule has 0 amide bonds. The number of aryl methyl sites for hydroxylation is 1. The maximum absolute atomic E-state index is 6.02. The van der Waals surface area contributed by atoms with E-state index in [2.05, 4.69) is 71.2 Å². The molecule has 2 heterocycles. The van der Waals surface area contributed by atoms with Crippen LogP contribution in [0.1, 0.15) is 17.4 Å². The minimum absolute atomic E-state index is 0.0711. The number of hydrogen-bond acceptors (Lipinski definition) is 3. The van der Waals surface area contributed by atoms with Crippen molar-refractivity contribution in [3.63, 3.8) is 0 Å². The van der Waals surface area contributed by atoms with Gasteiger partial charge in [-0.15, -0.1) is 0 Å². The highest BCUT2D eigenvalue weighted by molar-refractivity contribution is 5.53. The SMILES string of the molecule is COc1cccc(N2CCO[C@@H]2c2ccn(-c3cccc(C)c3)c2)c1. The maximum atomic E-state index is 6.02. The van der Waals surface area contributed by atoms with Crippen molar-refractivity contribution in [3.05, 3.63) is 78.1 Å². The van der Waals surface area contributed by atoms with Gasteiger partial charge in [0.05, 0.1) is 13.7 Å². The van der Waals surface area contributed by atoms with Gasteiger partial charge in [-0.05, 0) is 42.8 Å². The third kappa shape index (κ3) is 3.13. The van der Waals surface area contributed by atoms with Gasteiger partial charge in [0.15, 0.2) is 6.23 Å². The molecule has 1 aliphatic heterocycles.